The maximum Gasteiger partial charge on any atom is 0.242 e. The fourth-order valence-corrected chi connectivity index (χ4v) is 24.4. The Labute approximate surface area is 799 Å². The van der Waals surface area contributed by atoms with Crippen LogP contribution in [0.5, 0.6) is 0 Å². The first-order chi connectivity index (χ1) is 59.0. The standard InChI is InChI=1S/C13H27N.C12H25NO.C12H25N.C11H21F2N.C11H23NO.2C11H21N.C11H23N.C10H20FN.C9H19NO.CH4/c1-6-7-12-8-13(10(2)3)14(9-12)11(4)5;1-6-14-11-7-12(9(2)3)13(8-11)10(4)5;1-6-11-7-12(9(2)3)13(8-11)10(4)5;1-7(2)10-5-9(11(12)13)6-14(10)8(3)4;1-8(2)11-6-10(13-5)7-12(11)9(3)4;1-7(2)11-10-5-9(10)6-12(11)8(3)4;1-7(2)10-5-9-6-11(9)12(10)8(3)4;1-8(2)11-6-10(5)7-12(11)9(3)4;1-7(2)10-5-9(11)6-12(10)8(3)4;1-7(2)9-5-11-6-10(9)8(3)4;/h10-13H,6-9H2,1-5H3;9-12H,6-8H2,1-5H3;9-12H,6-8H2,1-5H3;7-11H,5-6H2,1-4H3;8-11H,6-7H2,1-5H3;2*7-11H,5-6H2,1-4H3;8-11H,6-7H2,1-5H3;7-10H,5-6H2,1-4H3;7-9H,5-6H2,1-4H3;1H4/t12-,13-;2*11-,12-;9-,10-;10-,11-;9?,10?,11-;9?,10-,11?;10-,11-;9?,10-;9-;/m0000010000./s1. The summed E-state index contributed by atoms with van der Waals surface area (Å²) < 4.78 is 54.8. The molecule has 13 nitrogen and oxygen atoms in total. The fourth-order valence-electron chi connectivity index (χ4n) is 24.4. The molecule has 16 heteroatoms. The van der Waals surface area contributed by atoms with Crippen molar-refractivity contribution in [3.05, 3.63) is 0 Å². The predicted octanol–water partition coefficient (Wildman–Crippen LogP) is 26.8. The van der Waals surface area contributed by atoms with Gasteiger partial charge in [-0.2, -0.15) is 0 Å². The highest BCUT2D eigenvalue weighted by molar-refractivity contribution is 5.08. The summed E-state index contributed by atoms with van der Waals surface area (Å²) in [5.41, 5.74) is 0. The van der Waals surface area contributed by atoms with Crippen molar-refractivity contribution in [3.63, 3.8) is 0 Å². The molecular weight excluding hydrogens is 1590 g/mol. The van der Waals surface area contributed by atoms with Crippen molar-refractivity contribution in [2.45, 2.75) is 547 Å². The minimum absolute atomic E-state index is 0. The van der Waals surface area contributed by atoms with Crippen LogP contribution in [0.3, 0.4) is 0 Å². The first kappa shape index (κ1) is 123. The van der Waals surface area contributed by atoms with Crippen LogP contribution < -0.4 is 0 Å². The molecule has 766 valence electrons. The number of rotatable bonds is 27. The van der Waals surface area contributed by atoms with Gasteiger partial charge in [0, 0.05) is 199 Å². The molecule has 5 unspecified atom stereocenters. The van der Waals surface area contributed by atoms with E-state index in [-0.39, 0.29) is 7.43 Å². The molecule has 128 heavy (non-hydrogen) atoms. The van der Waals surface area contributed by atoms with Crippen molar-refractivity contribution in [2.75, 3.05) is 79.4 Å². The minimum atomic E-state index is -2.15. The second kappa shape index (κ2) is 59.6. The minimum Gasteiger partial charge on any atom is -0.380 e. The highest BCUT2D eigenvalue weighted by Gasteiger charge is 2.55. The van der Waals surface area contributed by atoms with Crippen molar-refractivity contribution >= 4 is 0 Å². The summed E-state index contributed by atoms with van der Waals surface area (Å²) in [6.45, 7) is 112. The van der Waals surface area contributed by atoms with E-state index >= 15 is 0 Å². The molecule has 0 aromatic rings. The quantitative estimate of drug-likeness (QED) is 0.0785. The van der Waals surface area contributed by atoms with Gasteiger partial charge in [0.05, 0.1) is 25.5 Å². The molecule has 0 N–H and O–H groups in total. The highest BCUT2D eigenvalue weighted by atomic mass is 19.3. The lowest BCUT2D eigenvalue weighted by molar-refractivity contribution is 0.0659. The zero-order chi connectivity index (χ0) is 97.1. The largest absolute Gasteiger partial charge is 0.380 e. The number of hydrogen-bond acceptors (Lipinski definition) is 13. The Balaban J connectivity index is 0.000000481. The van der Waals surface area contributed by atoms with Crippen LogP contribution in [0.2, 0.25) is 0 Å². The zero-order valence-electron chi connectivity index (χ0n) is 93.1. The molecule has 12 rings (SSSR count). The van der Waals surface area contributed by atoms with Gasteiger partial charge in [-0.3, -0.25) is 49.0 Å². The number of likely N-dealkylation sites (tertiary alicyclic amines) is 9. The van der Waals surface area contributed by atoms with E-state index in [1.54, 1.807) is 0 Å². The van der Waals surface area contributed by atoms with Crippen LogP contribution in [0.4, 0.5) is 13.2 Å². The predicted molar refractivity (Wildman–Crippen MR) is 555 cm³/mol. The SMILES string of the molecule is C.CC(C)[C@@H]1C2CC2CN1C(C)C.CC(C)[C@@H]1CC(F)CN1C(C)C.CC(C)[C@@H]1CC2CC2N1C(C)C.CC(C)[C@@H]1COCN1C(C)C.CC(C)[C@@H]1C[C@H](C(F)F)CN1C(C)C.CC(C)[C@@H]1C[C@H](C)CN1C(C)C.CCC[C@H]1C[C@@H](C(C)C)N(C(C)C)C1.CCO[C@H]1C[C@@H](C(C)C)N(C(C)C)C1.CC[C@H]1C[C@@H](C(C)C)N(C(C)C)C1.CO[C@H]1C[C@@H](C(C)C)N(C(C)C)C1. The Morgan fingerprint density at radius 3 is 1.02 bits per heavy atom. The van der Waals surface area contributed by atoms with Gasteiger partial charge in [-0.15, -0.1) is 0 Å². The topological polar surface area (TPSA) is 60.1 Å². The Morgan fingerprint density at radius 1 is 0.328 bits per heavy atom. The van der Waals surface area contributed by atoms with Crippen LogP contribution in [0.25, 0.3) is 0 Å². The fraction of sp³-hybridized carbons (Fsp3) is 1.00. The van der Waals surface area contributed by atoms with Gasteiger partial charge in [0.2, 0.25) is 6.43 Å². The van der Waals surface area contributed by atoms with E-state index in [4.69, 9.17) is 14.2 Å². The van der Waals surface area contributed by atoms with Crippen LogP contribution in [-0.4, -0.2) is 280 Å². The first-order valence-corrected chi connectivity index (χ1v) is 54.3. The molecule has 12 fully saturated rings. The van der Waals surface area contributed by atoms with E-state index in [0.29, 0.717) is 110 Å². The molecule has 12 aliphatic rings. The second-order valence-electron chi connectivity index (χ2n) is 48.8. The molecular formula is C112H229F3N10O3. The number of halogens is 3. The summed E-state index contributed by atoms with van der Waals surface area (Å²) >= 11 is 0. The molecule has 21 atom stereocenters. The summed E-state index contributed by atoms with van der Waals surface area (Å²) in [4.78, 5) is 25.6. The summed E-state index contributed by atoms with van der Waals surface area (Å²) in [6.07, 6.45) is 14.8. The van der Waals surface area contributed by atoms with E-state index in [1.807, 2.05) is 7.11 Å². The first-order valence-electron chi connectivity index (χ1n) is 54.3. The molecule has 0 bridgehead atoms. The lowest BCUT2D eigenvalue weighted by atomic mass is 9.95. The number of hydrogen-bond donors (Lipinski definition) is 0. The van der Waals surface area contributed by atoms with E-state index in [9.17, 15) is 13.2 Å². The summed E-state index contributed by atoms with van der Waals surface area (Å²) in [7, 11) is 1.83. The Hall–Kier alpha value is -0.730. The lowest BCUT2D eigenvalue weighted by Gasteiger charge is -2.33. The molecule has 10 saturated heterocycles. The van der Waals surface area contributed by atoms with Gasteiger partial charge >= 0.3 is 0 Å². The van der Waals surface area contributed by atoms with Crippen molar-refractivity contribution in [1.29, 1.82) is 0 Å². The number of methoxy groups -OCH3 is 1. The van der Waals surface area contributed by atoms with Crippen molar-refractivity contribution in [3.8, 4) is 0 Å². The van der Waals surface area contributed by atoms with Gasteiger partial charge in [0.1, 0.15) is 6.17 Å². The number of alkyl halides is 3. The number of ether oxygens (including phenoxy) is 3. The van der Waals surface area contributed by atoms with Crippen molar-refractivity contribution in [1.82, 2.24) is 49.0 Å². The number of fused-ring (bicyclic) bond motifs is 2. The van der Waals surface area contributed by atoms with Gasteiger partial charge in [0.25, 0.3) is 0 Å². The maximum atomic E-state index is 13.1. The van der Waals surface area contributed by atoms with Gasteiger partial charge in [-0.25, -0.2) is 13.2 Å². The van der Waals surface area contributed by atoms with Crippen LogP contribution in [-0.2, 0) is 14.2 Å². The molecule has 0 radical (unpaired) electrons. The average molecular weight is 1820 g/mol. The molecule has 2 saturated carbocycles. The lowest BCUT2D eigenvalue weighted by Crippen LogP contribution is -2.41. The molecule has 0 aromatic carbocycles. The van der Waals surface area contributed by atoms with Crippen LogP contribution in [0.15, 0.2) is 0 Å². The van der Waals surface area contributed by atoms with Crippen LogP contribution >= 0.6 is 0 Å². The van der Waals surface area contributed by atoms with E-state index < -0.39 is 18.5 Å². The smallest absolute Gasteiger partial charge is 0.242 e. The third-order valence-electron chi connectivity index (χ3n) is 31.9. The van der Waals surface area contributed by atoms with Gasteiger partial charge < -0.3 is 14.2 Å². The number of piperidine rings is 2. The summed E-state index contributed by atoms with van der Waals surface area (Å²) in [5, 5.41) is 0. The summed E-state index contributed by atoms with van der Waals surface area (Å²) in [6, 6.07) is 14.6. The molecule has 0 amide bonds. The summed E-state index contributed by atoms with van der Waals surface area (Å²) in [5.74, 6) is 13.0. The maximum absolute atomic E-state index is 13.1. The zero-order valence-corrected chi connectivity index (χ0v) is 93.1. The van der Waals surface area contributed by atoms with Gasteiger partial charge in [-0.05, 0) is 311 Å². The average Bonchev–Trinajstić information content (AvgIpc) is 1.59. The van der Waals surface area contributed by atoms with E-state index in [0.717, 1.165) is 183 Å². The third kappa shape index (κ3) is 38.8. The normalized spacial score (nSPS) is 32.0. The van der Waals surface area contributed by atoms with Crippen LogP contribution in [0, 0.1) is 101 Å². The van der Waals surface area contributed by atoms with Crippen molar-refractivity contribution < 1.29 is 27.4 Å². The molecule has 2 aliphatic carbocycles. The highest BCUT2D eigenvalue weighted by Crippen LogP contribution is 2.53. The number of nitrogens with zero attached hydrogens (tertiary/aromatic N) is 10. The van der Waals surface area contributed by atoms with E-state index in [1.165, 1.54) is 96.8 Å². The molecule has 0 spiro atoms. The Kier molecular flexibility index (Phi) is 57.5. The Bertz CT molecular complexity index is 2500. The molecule has 10 heterocycles. The molecule has 0 aromatic heterocycles. The third-order valence-corrected chi connectivity index (χ3v) is 31.9. The van der Waals surface area contributed by atoms with Crippen molar-refractivity contribution in [2.24, 2.45) is 101 Å². The van der Waals surface area contributed by atoms with Gasteiger partial charge in [-0.1, -0.05) is 180 Å². The second-order valence-corrected chi connectivity index (χ2v) is 48.8. The Morgan fingerprint density at radius 2 is 0.695 bits per heavy atom. The molecule has 10 aliphatic heterocycles. The van der Waals surface area contributed by atoms with Crippen LogP contribution in [0.1, 0.15) is 396 Å². The van der Waals surface area contributed by atoms with Gasteiger partial charge in [0.15, 0.2) is 0 Å². The monoisotopic (exact) mass is 1820 g/mol. The van der Waals surface area contributed by atoms with E-state index in [2.05, 4.69) is 354 Å².